The smallest absolute Gasteiger partial charge is 0.223 e. The molecule has 5 rings (SSSR count). The van der Waals surface area contributed by atoms with E-state index in [0.29, 0.717) is 5.95 Å². The lowest BCUT2D eigenvalue weighted by atomic mass is 10.1. The fourth-order valence-electron chi connectivity index (χ4n) is 3.78. The molecule has 0 aliphatic heterocycles. The highest BCUT2D eigenvalue weighted by molar-refractivity contribution is 5.80. The van der Waals surface area contributed by atoms with Crippen molar-refractivity contribution in [3.05, 3.63) is 102 Å². The van der Waals surface area contributed by atoms with Crippen molar-refractivity contribution in [3.63, 3.8) is 0 Å². The van der Waals surface area contributed by atoms with Crippen molar-refractivity contribution in [1.82, 2.24) is 19.4 Å². The number of nitrogens with zero attached hydrogens (tertiary/aromatic N) is 4. The average molecular weight is 423 g/mol. The average Bonchev–Trinajstić information content (AvgIpc) is 3.19. The van der Waals surface area contributed by atoms with Crippen molar-refractivity contribution in [2.45, 2.75) is 19.9 Å². The number of benzene rings is 2. The van der Waals surface area contributed by atoms with Gasteiger partial charge in [0.1, 0.15) is 11.5 Å². The molecule has 6 heteroatoms. The summed E-state index contributed by atoms with van der Waals surface area (Å²) in [4.78, 5) is 14.1. The monoisotopic (exact) mass is 423 g/mol. The molecule has 158 valence electrons. The number of nitrogens with one attached hydrogen (secondary N) is 1. The van der Waals surface area contributed by atoms with E-state index in [4.69, 9.17) is 9.97 Å². The molecule has 0 fully saturated rings. The number of hydrogen-bond donors (Lipinski definition) is 1. The molecule has 0 saturated heterocycles. The number of anilines is 1. The molecule has 5 aromatic rings. The summed E-state index contributed by atoms with van der Waals surface area (Å²) in [6.45, 7) is 4.11. The highest BCUT2D eigenvalue weighted by Gasteiger charge is 2.18. The van der Waals surface area contributed by atoms with Crippen LogP contribution >= 0.6 is 0 Å². The third-order valence-electron chi connectivity index (χ3n) is 5.44. The van der Waals surface area contributed by atoms with E-state index < -0.39 is 0 Å². The van der Waals surface area contributed by atoms with Crippen molar-refractivity contribution in [2.75, 3.05) is 5.32 Å². The van der Waals surface area contributed by atoms with Crippen LogP contribution in [-0.2, 0) is 0 Å². The first kappa shape index (κ1) is 19.9. The molecule has 0 bridgehead atoms. The van der Waals surface area contributed by atoms with Crippen molar-refractivity contribution >= 4 is 11.6 Å². The lowest BCUT2D eigenvalue weighted by Gasteiger charge is -2.14. The van der Waals surface area contributed by atoms with E-state index in [1.165, 1.54) is 12.1 Å². The van der Waals surface area contributed by atoms with Crippen molar-refractivity contribution in [3.8, 4) is 22.6 Å². The minimum atomic E-state index is -0.279. The Labute approximate surface area is 185 Å². The molecule has 3 heterocycles. The fraction of sp³-hybridized carbons (Fsp3) is 0.115. The van der Waals surface area contributed by atoms with Gasteiger partial charge in [-0.15, -0.1) is 0 Å². The first-order valence-electron chi connectivity index (χ1n) is 10.5. The van der Waals surface area contributed by atoms with Gasteiger partial charge in [-0.1, -0.05) is 30.3 Å². The maximum atomic E-state index is 13.5. The van der Waals surface area contributed by atoms with Crippen LogP contribution in [0.25, 0.3) is 28.3 Å². The Morgan fingerprint density at radius 1 is 0.938 bits per heavy atom. The molecule has 0 aliphatic carbocycles. The maximum absolute atomic E-state index is 13.5. The molecule has 1 atom stereocenters. The largest absolute Gasteiger partial charge is 0.348 e. The molecule has 3 aromatic heterocycles. The quantitative estimate of drug-likeness (QED) is 0.372. The lowest BCUT2D eigenvalue weighted by Crippen LogP contribution is -2.09. The van der Waals surface area contributed by atoms with Gasteiger partial charge in [0.25, 0.3) is 0 Å². The van der Waals surface area contributed by atoms with Gasteiger partial charge >= 0.3 is 0 Å². The van der Waals surface area contributed by atoms with Crippen molar-refractivity contribution in [2.24, 2.45) is 0 Å². The second kappa shape index (κ2) is 8.23. The van der Waals surface area contributed by atoms with Gasteiger partial charge in [-0.2, -0.15) is 0 Å². The van der Waals surface area contributed by atoms with Gasteiger partial charge in [0.2, 0.25) is 5.95 Å². The molecule has 2 aromatic carbocycles. The predicted octanol–water partition coefficient (Wildman–Crippen LogP) is 6.08. The minimum absolute atomic E-state index is 0.0489. The summed E-state index contributed by atoms with van der Waals surface area (Å²) in [7, 11) is 0. The van der Waals surface area contributed by atoms with Crippen LogP contribution in [0, 0.1) is 12.7 Å². The number of pyridine rings is 1. The summed E-state index contributed by atoms with van der Waals surface area (Å²) in [5.41, 5.74) is 6.22. The molecule has 0 radical (unpaired) electrons. The van der Waals surface area contributed by atoms with Gasteiger partial charge in [-0.05, 0) is 67.4 Å². The number of imidazole rings is 1. The number of hydrogen-bond acceptors (Lipinski definition) is 4. The molecule has 0 unspecified atom stereocenters. The van der Waals surface area contributed by atoms with E-state index in [9.17, 15) is 4.39 Å². The Morgan fingerprint density at radius 3 is 2.50 bits per heavy atom. The van der Waals surface area contributed by atoms with E-state index in [1.54, 1.807) is 18.3 Å². The van der Waals surface area contributed by atoms with E-state index in [0.717, 1.165) is 39.4 Å². The van der Waals surface area contributed by atoms with Gasteiger partial charge in [0, 0.05) is 18.0 Å². The Bertz CT molecular complexity index is 1380. The number of fused-ring (bicyclic) bond motifs is 1. The Hall–Kier alpha value is -4.06. The highest BCUT2D eigenvalue weighted by Crippen LogP contribution is 2.32. The Morgan fingerprint density at radius 2 is 1.72 bits per heavy atom. The summed E-state index contributed by atoms with van der Waals surface area (Å²) in [5.74, 6) is 0.254. The van der Waals surface area contributed by atoms with Crippen LogP contribution in [0.4, 0.5) is 10.3 Å². The summed E-state index contributed by atoms with van der Waals surface area (Å²) < 4.78 is 15.6. The molecular weight excluding hydrogens is 401 g/mol. The van der Waals surface area contributed by atoms with Gasteiger partial charge in [0.15, 0.2) is 0 Å². The van der Waals surface area contributed by atoms with E-state index in [-0.39, 0.29) is 11.9 Å². The van der Waals surface area contributed by atoms with Crippen molar-refractivity contribution < 1.29 is 4.39 Å². The van der Waals surface area contributed by atoms with Crippen LogP contribution in [0.1, 0.15) is 24.1 Å². The first-order valence-corrected chi connectivity index (χ1v) is 10.5. The highest BCUT2D eigenvalue weighted by atomic mass is 19.1. The number of halogens is 1. The van der Waals surface area contributed by atoms with Crippen LogP contribution in [0.2, 0.25) is 0 Å². The van der Waals surface area contributed by atoms with E-state index in [2.05, 4.69) is 29.4 Å². The molecule has 0 spiro atoms. The summed E-state index contributed by atoms with van der Waals surface area (Å²) >= 11 is 0. The second-order valence-electron chi connectivity index (χ2n) is 7.79. The molecule has 0 saturated carbocycles. The third kappa shape index (κ3) is 3.83. The zero-order valence-corrected chi connectivity index (χ0v) is 17.8. The van der Waals surface area contributed by atoms with Crippen LogP contribution in [-0.4, -0.2) is 19.4 Å². The molecule has 0 amide bonds. The Kier molecular flexibility index (Phi) is 5.11. The Balaban J connectivity index is 1.60. The van der Waals surface area contributed by atoms with Crippen LogP contribution in [0.5, 0.6) is 0 Å². The van der Waals surface area contributed by atoms with Crippen LogP contribution in [0.15, 0.2) is 85.2 Å². The first-order chi connectivity index (χ1) is 15.6. The number of aryl methyl sites for hydroxylation is 1. The molecule has 5 nitrogen and oxygen atoms in total. The van der Waals surface area contributed by atoms with E-state index in [1.807, 2.05) is 53.9 Å². The van der Waals surface area contributed by atoms with Gasteiger partial charge in [0.05, 0.1) is 23.1 Å². The van der Waals surface area contributed by atoms with Gasteiger partial charge in [-0.25, -0.2) is 19.3 Å². The zero-order valence-electron chi connectivity index (χ0n) is 17.8. The molecular formula is C26H22FN5. The standard InChI is InChI=1S/C26H22FN5/c1-17-13-15-32-23(16-17)31-24(20-8-10-21(27)11-9-20)25(32)22-12-14-28-26(30-22)29-18(2)19-6-4-3-5-7-19/h3-16,18H,1-2H3,(H,28,29,30)/t18-/m0/s1. The maximum Gasteiger partial charge on any atom is 0.223 e. The molecule has 1 N–H and O–H groups in total. The number of aromatic nitrogens is 4. The SMILES string of the molecule is Cc1ccn2c(-c3ccnc(N[C@@H](C)c4ccccc4)n3)c(-c3ccc(F)cc3)nc2c1. The topological polar surface area (TPSA) is 55.1 Å². The molecule has 32 heavy (non-hydrogen) atoms. The lowest BCUT2D eigenvalue weighted by molar-refractivity contribution is 0.628. The molecule has 0 aliphatic rings. The third-order valence-corrected chi connectivity index (χ3v) is 5.44. The predicted molar refractivity (Wildman–Crippen MR) is 125 cm³/mol. The number of rotatable bonds is 5. The summed E-state index contributed by atoms with van der Waals surface area (Å²) in [6, 6.07) is 22.5. The van der Waals surface area contributed by atoms with Gasteiger partial charge in [-0.3, -0.25) is 4.40 Å². The van der Waals surface area contributed by atoms with Crippen molar-refractivity contribution in [1.29, 1.82) is 0 Å². The van der Waals surface area contributed by atoms with Crippen LogP contribution < -0.4 is 5.32 Å². The normalized spacial score (nSPS) is 12.1. The second-order valence-corrected chi connectivity index (χ2v) is 7.79. The minimum Gasteiger partial charge on any atom is -0.348 e. The fourth-order valence-corrected chi connectivity index (χ4v) is 3.78. The zero-order chi connectivity index (χ0) is 22.1. The van der Waals surface area contributed by atoms with Crippen LogP contribution in [0.3, 0.4) is 0 Å². The van der Waals surface area contributed by atoms with Gasteiger partial charge < -0.3 is 5.32 Å². The van der Waals surface area contributed by atoms with E-state index >= 15 is 0 Å². The summed E-state index contributed by atoms with van der Waals surface area (Å²) in [6.07, 6.45) is 3.73. The summed E-state index contributed by atoms with van der Waals surface area (Å²) in [5, 5.41) is 3.38.